The van der Waals surface area contributed by atoms with Gasteiger partial charge in [0.2, 0.25) is 0 Å². The molecule has 3 nitrogen and oxygen atoms in total. The highest BCUT2D eigenvalue weighted by molar-refractivity contribution is 7.80. The Labute approximate surface area is 134 Å². The molecule has 1 aliphatic rings. The Kier molecular flexibility index (Phi) is 5.16. The van der Waals surface area contributed by atoms with Crippen molar-refractivity contribution in [2.75, 3.05) is 31.1 Å². The smallest absolute Gasteiger partial charge is 0.368 e. The van der Waals surface area contributed by atoms with Gasteiger partial charge in [0.1, 0.15) is 0 Å². The summed E-state index contributed by atoms with van der Waals surface area (Å²) in [5, 5.41) is 3.89. The number of hydrogen-bond acceptors (Lipinski definition) is 2. The molecule has 1 heterocycles. The highest BCUT2D eigenvalue weighted by Gasteiger charge is 2.31. The summed E-state index contributed by atoms with van der Waals surface area (Å²) in [6.45, 7) is 6.75. The van der Waals surface area contributed by atoms with Gasteiger partial charge in [0.25, 0.3) is 0 Å². The summed E-state index contributed by atoms with van der Waals surface area (Å²) in [6.07, 6.45) is -4.30. The second kappa shape index (κ2) is 6.73. The van der Waals surface area contributed by atoms with Gasteiger partial charge in [-0.2, -0.15) is 13.2 Å². The zero-order valence-corrected chi connectivity index (χ0v) is 13.5. The molecule has 0 radical (unpaired) electrons. The molecule has 1 saturated heterocycles. The van der Waals surface area contributed by atoms with Crippen molar-refractivity contribution in [1.82, 2.24) is 10.2 Å². The number of alkyl halides is 3. The third-order valence-electron chi connectivity index (χ3n) is 3.52. The molecule has 1 aliphatic heterocycles. The van der Waals surface area contributed by atoms with E-state index in [1.807, 2.05) is 18.7 Å². The van der Waals surface area contributed by atoms with Gasteiger partial charge in [-0.1, -0.05) is 6.07 Å². The predicted octanol–water partition coefficient (Wildman–Crippen LogP) is 3.11. The molecule has 0 spiro atoms. The van der Waals surface area contributed by atoms with Crippen LogP contribution in [0.5, 0.6) is 0 Å². The highest BCUT2D eigenvalue weighted by Crippen LogP contribution is 2.31. The molecule has 0 bridgehead atoms. The Morgan fingerprint density at radius 2 is 1.82 bits per heavy atom. The number of halogens is 3. The lowest BCUT2D eigenvalue weighted by Gasteiger charge is -2.38. The summed E-state index contributed by atoms with van der Waals surface area (Å²) in [4.78, 5) is 4.02. The van der Waals surface area contributed by atoms with Crippen LogP contribution in [0.4, 0.5) is 18.9 Å². The molecule has 2 rings (SSSR count). The molecule has 1 aromatic rings. The molecule has 122 valence electrons. The Morgan fingerprint density at radius 3 is 2.36 bits per heavy atom. The van der Waals surface area contributed by atoms with Crippen LogP contribution in [-0.2, 0) is 6.18 Å². The van der Waals surface area contributed by atoms with Crippen molar-refractivity contribution in [2.45, 2.75) is 26.1 Å². The summed E-state index contributed by atoms with van der Waals surface area (Å²) in [7, 11) is 0. The number of piperazine rings is 1. The minimum absolute atomic E-state index is 0.272. The summed E-state index contributed by atoms with van der Waals surface area (Å²) >= 11 is 5.32. The first-order valence-corrected chi connectivity index (χ1v) is 7.66. The van der Waals surface area contributed by atoms with Crippen molar-refractivity contribution in [3.05, 3.63) is 29.8 Å². The van der Waals surface area contributed by atoms with Crippen molar-refractivity contribution in [3.63, 3.8) is 0 Å². The van der Waals surface area contributed by atoms with Crippen LogP contribution >= 0.6 is 12.2 Å². The molecule has 7 heteroatoms. The minimum Gasteiger partial charge on any atom is -0.368 e. The maximum atomic E-state index is 12.8. The van der Waals surface area contributed by atoms with Gasteiger partial charge in [0.15, 0.2) is 5.11 Å². The molecule has 0 amide bonds. The van der Waals surface area contributed by atoms with Crippen molar-refractivity contribution < 1.29 is 13.2 Å². The molecular formula is C15H20F3N3S. The van der Waals surface area contributed by atoms with Crippen molar-refractivity contribution in [2.24, 2.45) is 0 Å². The van der Waals surface area contributed by atoms with Crippen molar-refractivity contribution in [3.8, 4) is 0 Å². The van der Waals surface area contributed by atoms with E-state index in [1.54, 1.807) is 6.07 Å². The fourth-order valence-electron chi connectivity index (χ4n) is 2.38. The summed E-state index contributed by atoms with van der Waals surface area (Å²) < 4.78 is 38.3. The number of nitrogens with one attached hydrogen (secondary N) is 1. The van der Waals surface area contributed by atoms with Crippen molar-refractivity contribution in [1.29, 1.82) is 0 Å². The number of anilines is 1. The molecule has 0 saturated carbocycles. The van der Waals surface area contributed by atoms with Gasteiger partial charge >= 0.3 is 6.18 Å². The van der Waals surface area contributed by atoms with Gasteiger partial charge in [-0.3, -0.25) is 0 Å². The molecular weight excluding hydrogens is 311 g/mol. The van der Waals surface area contributed by atoms with Gasteiger partial charge in [0.05, 0.1) is 5.56 Å². The summed E-state index contributed by atoms with van der Waals surface area (Å²) in [5.41, 5.74) is 0.00152. The third-order valence-corrected chi connectivity index (χ3v) is 3.89. The van der Waals surface area contributed by atoms with Gasteiger partial charge in [-0.25, -0.2) is 0 Å². The molecule has 0 atom stereocenters. The maximum Gasteiger partial charge on any atom is 0.416 e. The highest BCUT2D eigenvalue weighted by atomic mass is 32.1. The second-order valence-corrected chi connectivity index (χ2v) is 6.01. The standard InChI is InChI=1S/C15H20F3N3S/c1-11(2)19-14(22)21-8-6-20(7-9-21)13-5-3-4-12(10-13)15(16,17)18/h3-5,10-11H,6-9H2,1-2H3,(H,19,22). The monoisotopic (exact) mass is 331 g/mol. The lowest BCUT2D eigenvalue weighted by Crippen LogP contribution is -2.52. The largest absolute Gasteiger partial charge is 0.416 e. The van der Waals surface area contributed by atoms with E-state index in [9.17, 15) is 13.2 Å². The first kappa shape index (κ1) is 16.9. The van der Waals surface area contributed by atoms with E-state index < -0.39 is 11.7 Å². The van der Waals surface area contributed by atoms with E-state index in [2.05, 4.69) is 10.2 Å². The number of nitrogens with zero attached hydrogens (tertiary/aromatic N) is 2. The Bertz CT molecular complexity index is 523. The predicted molar refractivity (Wildman–Crippen MR) is 86.1 cm³/mol. The summed E-state index contributed by atoms with van der Waals surface area (Å²) in [5.74, 6) is 0. The molecule has 0 aromatic heterocycles. The minimum atomic E-state index is -4.30. The molecule has 0 unspecified atom stereocenters. The molecule has 1 fully saturated rings. The molecule has 0 aliphatic carbocycles. The van der Waals surface area contributed by atoms with E-state index in [1.165, 1.54) is 12.1 Å². The fourth-order valence-corrected chi connectivity index (χ4v) is 2.80. The third kappa shape index (κ3) is 4.25. The van der Waals surface area contributed by atoms with Gasteiger partial charge in [0, 0.05) is 37.9 Å². The van der Waals surface area contributed by atoms with Crippen LogP contribution in [0.3, 0.4) is 0 Å². The van der Waals surface area contributed by atoms with Gasteiger partial charge in [-0.15, -0.1) is 0 Å². The SMILES string of the molecule is CC(C)NC(=S)N1CCN(c2cccc(C(F)(F)F)c2)CC1. The number of benzene rings is 1. The van der Waals surface area contributed by atoms with Crippen LogP contribution in [0.1, 0.15) is 19.4 Å². The van der Waals surface area contributed by atoms with Crippen LogP contribution in [0.25, 0.3) is 0 Å². The first-order valence-electron chi connectivity index (χ1n) is 7.25. The van der Waals surface area contributed by atoms with E-state index >= 15 is 0 Å². The Balaban J connectivity index is 1.99. The lowest BCUT2D eigenvalue weighted by molar-refractivity contribution is -0.137. The van der Waals surface area contributed by atoms with Crippen LogP contribution in [0.15, 0.2) is 24.3 Å². The molecule has 22 heavy (non-hydrogen) atoms. The Morgan fingerprint density at radius 1 is 1.18 bits per heavy atom. The second-order valence-electron chi connectivity index (χ2n) is 5.63. The number of thiocarbonyl (C=S) groups is 1. The molecule has 1 aromatic carbocycles. The van der Waals surface area contributed by atoms with Crippen LogP contribution in [0.2, 0.25) is 0 Å². The number of rotatable bonds is 2. The van der Waals surface area contributed by atoms with E-state index in [0.717, 1.165) is 6.07 Å². The van der Waals surface area contributed by atoms with Gasteiger partial charge < -0.3 is 15.1 Å². The zero-order chi connectivity index (χ0) is 16.3. The average molecular weight is 331 g/mol. The average Bonchev–Trinajstić information content (AvgIpc) is 2.46. The number of hydrogen-bond donors (Lipinski definition) is 1. The topological polar surface area (TPSA) is 18.5 Å². The molecule has 1 N–H and O–H groups in total. The van der Waals surface area contributed by atoms with E-state index in [4.69, 9.17) is 12.2 Å². The van der Waals surface area contributed by atoms with Crippen LogP contribution < -0.4 is 10.2 Å². The van der Waals surface area contributed by atoms with E-state index in [0.29, 0.717) is 37.0 Å². The van der Waals surface area contributed by atoms with Crippen molar-refractivity contribution >= 4 is 23.0 Å². The summed E-state index contributed by atoms with van der Waals surface area (Å²) in [6, 6.07) is 5.75. The van der Waals surface area contributed by atoms with Crippen LogP contribution in [0, 0.1) is 0 Å². The fraction of sp³-hybridized carbons (Fsp3) is 0.533. The van der Waals surface area contributed by atoms with E-state index in [-0.39, 0.29) is 6.04 Å². The quantitative estimate of drug-likeness (QED) is 0.839. The Hall–Kier alpha value is -1.50. The normalized spacial score (nSPS) is 16.1. The van der Waals surface area contributed by atoms with Gasteiger partial charge in [-0.05, 0) is 44.3 Å². The maximum absolute atomic E-state index is 12.8. The lowest BCUT2D eigenvalue weighted by atomic mass is 10.1. The zero-order valence-electron chi connectivity index (χ0n) is 12.7. The van der Waals surface area contributed by atoms with Crippen LogP contribution in [-0.4, -0.2) is 42.2 Å². The first-order chi connectivity index (χ1) is 10.3.